The van der Waals surface area contributed by atoms with Gasteiger partial charge in [-0.3, -0.25) is 14.9 Å². The molecule has 0 saturated carbocycles. The van der Waals surface area contributed by atoms with Gasteiger partial charge in [0.05, 0.1) is 30.8 Å². The predicted molar refractivity (Wildman–Crippen MR) is 113 cm³/mol. The molecule has 0 bridgehead atoms. The Hall–Kier alpha value is -1.97. The fraction of sp³-hybridized carbons (Fsp3) is 0.650. The number of nitrogens with zero attached hydrogens (tertiary/aromatic N) is 2. The SMILES string of the molecule is COc1cc(C(=O)N2C[C@H](O)C[C@H]2CO[Si](C)(C)C(C)(C)C)c([N+](=O)[O-])cc1C. The van der Waals surface area contributed by atoms with Gasteiger partial charge in [-0.25, -0.2) is 0 Å². The molecular weight excluding hydrogens is 392 g/mol. The summed E-state index contributed by atoms with van der Waals surface area (Å²) in [4.78, 5) is 25.7. The molecule has 1 amide bonds. The van der Waals surface area contributed by atoms with E-state index in [0.29, 0.717) is 24.3 Å². The van der Waals surface area contributed by atoms with Crippen LogP contribution in [0.2, 0.25) is 18.1 Å². The molecule has 9 heteroatoms. The molecule has 0 radical (unpaired) electrons. The number of methoxy groups -OCH3 is 1. The molecule has 2 atom stereocenters. The maximum atomic E-state index is 13.2. The van der Waals surface area contributed by atoms with Crippen LogP contribution >= 0.6 is 0 Å². The first-order valence-corrected chi connectivity index (χ1v) is 12.7. The third kappa shape index (κ3) is 4.96. The number of rotatable bonds is 6. The fourth-order valence-electron chi connectivity index (χ4n) is 3.19. The number of likely N-dealkylation sites (tertiary alicyclic amines) is 1. The lowest BCUT2D eigenvalue weighted by Crippen LogP contribution is -2.46. The second kappa shape index (κ2) is 8.41. The van der Waals surface area contributed by atoms with E-state index < -0.39 is 25.3 Å². The first-order chi connectivity index (χ1) is 13.3. The van der Waals surface area contributed by atoms with Crippen LogP contribution in [0, 0.1) is 17.0 Å². The van der Waals surface area contributed by atoms with Gasteiger partial charge in [-0.1, -0.05) is 20.8 Å². The lowest BCUT2D eigenvalue weighted by molar-refractivity contribution is -0.385. The van der Waals surface area contributed by atoms with E-state index in [2.05, 4.69) is 33.9 Å². The molecule has 1 heterocycles. The van der Waals surface area contributed by atoms with Crippen molar-refractivity contribution in [3.05, 3.63) is 33.4 Å². The van der Waals surface area contributed by atoms with E-state index in [9.17, 15) is 20.0 Å². The largest absolute Gasteiger partial charge is 0.496 e. The highest BCUT2D eigenvalue weighted by atomic mass is 28.4. The number of amides is 1. The third-order valence-electron chi connectivity index (χ3n) is 6.04. The number of aliphatic hydroxyl groups excluding tert-OH is 1. The Morgan fingerprint density at radius 1 is 1.38 bits per heavy atom. The Balaban J connectivity index is 2.32. The van der Waals surface area contributed by atoms with Crippen molar-refractivity contribution < 1.29 is 24.0 Å². The van der Waals surface area contributed by atoms with Gasteiger partial charge < -0.3 is 19.2 Å². The first-order valence-electron chi connectivity index (χ1n) is 9.74. The molecule has 1 N–H and O–H groups in total. The summed E-state index contributed by atoms with van der Waals surface area (Å²) in [6.07, 6.45) is -0.296. The van der Waals surface area contributed by atoms with Crippen LogP contribution in [0.25, 0.3) is 0 Å². The Labute approximate surface area is 173 Å². The zero-order valence-electron chi connectivity index (χ0n) is 18.3. The van der Waals surface area contributed by atoms with Crippen LogP contribution in [0.1, 0.15) is 43.1 Å². The van der Waals surface area contributed by atoms with E-state index in [4.69, 9.17) is 9.16 Å². The van der Waals surface area contributed by atoms with Crippen LogP contribution < -0.4 is 4.74 Å². The highest BCUT2D eigenvalue weighted by molar-refractivity contribution is 6.74. The van der Waals surface area contributed by atoms with Crippen LogP contribution in [-0.4, -0.2) is 61.6 Å². The van der Waals surface area contributed by atoms with Gasteiger partial charge >= 0.3 is 0 Å². The highest BCUT2D eigenvalue weighted by Gasteiger charge is 2.41. The standard InChI is InChI=1S/C20H32N2O6Si/c1-13-8-17(22(25)26)16(10-18(13)27-5)19(24)21-11-15(23)9-14(21)12-28-29(6,7)20(2,3)4/h8,10,14-15,23H,9,11-12H2,1-7H3/t14-,15+/m0/s1. The topological polar surface area (TPSA) is 102 Å². The van der Waals surface area contributed by atoms with Crippen molar-refractivity contribution in [3.63, 3.8) is 0 Å². The Kier molecular flexibility index (Phi) is 6.76. The van der Waals surface area contributed by atoms with Crippen molar-refractivity contribution in [2.45, 2.75) is 64.4 Å². The Morgan fingerprint density at radius 3 is 2.52 bits per heavy atom. The number of benzene rings is 1. The highest BCUT2D eigenvalue weighted by Crippen LogP contribution is 2.37. The van der Waals surface area contributed by atoms with Crippen molar-refractivity contribution in [1.82, 2.24) is 4.90 Å². The molecule has 0 aromatic heterocycles. The van der Waals surface area contributed by atoms with Crippen molar-refractivity contribution in [3.8, 4) is 5.75 Å². The van der Waals surface area contributed by atoms with Crippen LogP contribution in [-0.2, 0) is 4.43 Å². The average molecular weight is 425 g/mol. The first kappa shape index (κ1) is 23.3. The number of aryl methyl sites for hydroxylation is 1. The Morgan fingerprint density at radius 2 is 2.00 bits per heavy atom. The zero-order valence-corrected chi connectivity index (χ0v) is 19.3. The maximum Gasteiger partial charge on any atom is 0.282 e. The molecule has 1 aromatic carbocycles. The minimum atomic E-state index is -2.04. The molecule has 162 valence electrons. The molecule has 8 nitrogen and oxygen atoms in total. The summed E-state index contributed by atoms with van der Waals surface area (Å²) in [5.74, 6) is -0.0804. The van der Waals surface area contributed by atoms with Gasteiger partial charge in [0, 0.05) is 18.7 Å². The molecule has 0 aliphatic carbocycles. The molecule has 2 rings (SSSR count). The second-order valence-electron chi connectivity index (χ2n) is 9.17. The summed E-state index contributed by atoms with van der Waals surface area (Å²) in [5.41, 5.74) is 0.276. The number of carbonyl (C=O) groups is 1. The summed E-state index contributed by atoms with van der Waals surface area (Å²) in [5, 5.41) is 21.7. The smallest absolute Gasteiger partial charge is 0.282 e. The number of aliphatic hydroxyl groups is 1. The minimum absolute atomic E-state index is 0.0160. The normalized spacial score (nSPS) is 20.1. The van der Waals surface area contributed by atoms with Gasteiger partial charge in [-0.15, -0.1) is 0 Å². The third-order valence-corrected chi connectivity index (χ3v) is 10.5. The van der Waals surface area contributed by atoms with Crippen molar-refractivity contribution in [2.24, 2.45) is 0 Å². The summed E-state index contributed by atoms with van der Waals surface area (Å²) in [6, 6.07) is 2.42. The van der Waals surface area contributed by atoms with Crippen LogP contribution in [0.15, 0.2) is 12.1 Å². The fourth-order valence-corrected chi connectivity index (χ4v) is 4.23. The zero-order chi connectivity index (χ0) is 22.1. The van der Waals surface area contributed by atoms with Gasteiger partial charge in [-0.2, -0.15) is 0 Å². The monoisotopic (exact) mass is 424 g/mol. The summed E-state index contributed by atoms with van der Waals surface area (Å²) in [7, 11) is -0.581. The number of β-amino-alcohol motifs (C(OH)–C–C–N with tert-alkyl or cyclic N) is 1. The average Bonchev–Trinajstić information content (AvgIpc) is 2.99. The van der Waals surface area contributed by atoms with E-state index in [1.165, 1.54) is 24.1 Å². The maximum absolute atomic E-state index is 13.2. The molecule has 1 aromatic rings. The van der Waals surface area contributed by atoms with Crippen molar-refractivity contribution >= 4 is 19.9 Å². The van der Waals surface area contributed by atoms with Gasteiger partial charge in [-0.05, 0) is 37.0 Å². The molecule has 1 aliphatic heterocycles. The minimum Gasteiger partial charge on any atom is -0.496 e. The van der Waals surface area contributed by atoms with Crippen molar-refractivity contribution in [2.75, 3.05) is 20.3 Å². The van der Waals surface area contributed by atoms with Gasteiger partial charge in [0.1, 0.15) is 11.3 Å². The van der Waals surface area contributed by atoms with E-state index in [1.807, 2.05) is 0 Å². The molecule has 29 heavy (non-hydrogen) atoms. The van der Waals surface area contributed by atoms with Crippen LogP contribution in [0.5, 0.6) is 5.75 Å². The lowest BCUT2D eigenvalue weighted by atomic mass is 10.1. The number of nitro groups is 1. The molecule has 1 saturated heterocycles. The number of hydrogen-bond acceptors (Lipinski definition) is 6. The quantitative estimate of drug-likeness (QED) is 0.426. The summed E-state index contributed by atoms with van der Waals surface area (Å²) in [6.45, 7) is 12.8. The van der Waals surface area contributed by atoms with E-state index in [-0.39, 0.29) is 28.9 Å². The van der Waals surface area contributed by atoms with E-state index in [0.717, 1.165) is 0 Å². The van der Waals surface area contributed by atoms with Gasteiger partial charge in [0.25, 0.3) is 11.6 Å². The molecule has 0 spiro atoms. The number of ether oxygens (including phenoxy) is 1. The summed E-state index contributed by atoms with van der Waals surface area (Å²) >= 11 is 0. The molecule has 0 unspecified atom stereocenters. The number of nitro benzene ring substituents is 1. The van der Waals surface area contributed by atoms with E-state index >= 15 is 0 Å². The predicted octanol–water partition coefficient (Wildman–Crippen LogP) is 3.51. The van der Waals surface area contributed by atoms with Crippen LogP contribution in [0.3, 0.4) is 0 Å². The molecular formula is C20H32N2O6Si. The Bertz CT molecular complexity index is 790. The number of hydrogen-bond donors (Lipinski definition) is 1. The number of carbonyl (C=O) groups excluding carboxylic acids is 1. The van der Waals surface area contributed by atoms with Gasteiger partial charge in [0.15, 0.2) is 8.32 Å². The molecule has 1 aliphatic rings. The molecule has 1 fully saturated rings. The van der Waals surface area contributed by atoms with Gasteiger partial charge in [0.2, 0.25) is 0 Å². The summed E-state index contributed by atoms with van der Waals surface area (Å²) < 4.78 is 11.5. The van der Waals surface area contributed by atoms with E-state index in [1.54, 1.807) is 6.92 Å². The van der Waals surface area contributed by atoms with Crippen molar-refractivity contribution in [1.29, 1.82) is 0 Å². The lowest BCUT2D eigenvalue weighted by Gasteiger charge is -2.38. The second-order valence-corrected chi connectivity index (χ2v) is 14.0. The van der Waals surface area contributed by atoms with Crippen LogP contribution in [0.4, 0.5) is 5.69 Å².